The Morgan fingerprint density at radius 3 is 2.51 bits per heavy atom. The van der Waals surface area contributed by atoms with Crippen LogP contribution in [0.3, 0.4) is 0 Å². The molecule has 0 spiro atoms. The van der Waals surface area contributed by atoms with Gasteiger partial charge < -0.3 is 26.4 Å². The summed E-state index contributed by atoms with van der Waals surface area (Å²) in [7, 11) is 0. The topological polar surface area (TPSA) is 160 Å². The molecule has 1 aliphatic heterocycles. The van der Waals surface area contributed by atoms with Gasteiger partial charge in [0.15, 0.2) is 6.04 Å². The van der Waals surface area contributed by atoms with Crippen molar-refractivity contribution >= 4 is 29.5 Å². The van der Waals surface area contributed by atoms with Crippen LogP contribution in [0.15, 0.2) is 47.5 Å². The van der Waals surface area contributed by atoms with Crippen molar-refractivity contribution in [3.8, 4) is 5.75 Å². The van der Waals surface area contributed by atoms with Gasteiger partial charge in [0.25, 0.3) is 0 Å². The van der Waals surface area contributed by atoms with Crippen LogP contribution in [0, 0.1) is 6.92 Å². The highest BCUT2D eigenvalue weighted by molar-refractivity contribution is 8.01. The van der Waals surface area contributed by atoms with E-state index >= 15 is 0 Å². The maximum atomic E-state index is 13.3. The van der Waals surface area contributed by atoms with Crippen LogP contribution in [-0.2, 0) is 29.1 Å². The minimum Gasteiger partial charge on any atom is -0.862 e. The van der Waals surface area contributed by atoms with Gasteiger partial charge in [-0.15, -0.1) is 11.8 Å². The number of carboxylic acid groups (broad SMARTS) is 1. The number of thioether (sulfide) groups is 1. The number of aromatic hydroxyl groups is 1. The molecule has 0 radical (unpaired) electrons. The number of phenols is 1. The van der Waals surface area contributed by atoms with E-state index in [1.54, 1.807) is 38.1 Å². The fourth-order valence-electron chi connectivity index (χ4n) is 4.07. The minimum absolute atomic E-state index is 0.00137. The summed E-state index contributed by atoms with van der Waals surface area (Å²) in [6.45, 7) is 5.54. The molecule has 2 aromatic rings. The summed E-state index contributed by atoms with van der Waals surface area (Å²) in [5.74, 6) is -2.07. The van der Waals surface area contributed by atoms with Gasteiger partial charge in [0.05, 0.1) is 5.37 Å². The van der Waals surface area contributed by atoms with Crippen LogP contribution in [0.2, 0.25) is 0 Å². The first kappa shape index (κ1) is 26.5. The van der Waals surface area contributed by atoms with Crippen molar-refractivity contribution in [2.24, 2.45) is 10.7 Å². The van der Waals surface area contributed by atoms with E-state index in [1.165, 1.54) is 11.8 Å². The largest absolute Gasteiger partial charge is 0.862 e. The average Bonchev–Trinajstić information content (AvgIpc) is 3.13. The number of carbonyl (C=O) groups is 2. The Kier molecular flexibility index (Phi) is 8.42. The van der Waals surface area contributed by atoms with Gasteiger partial charge in [0.2, 0.25) is 5.91 Å². The van der Waals surface area contributed by atoms with Gasteiger partial charge in [0.1, 0.15) is 11.8 Å². The number of benzene rings is 2. The molecule has 10 heteroatoms. The van der Waals surface area contributed by atoms with E-state index in [0.717, 1.165) is 11.1 Å². The maximum absolute atomic E-state index is 13.3. The first-order chi connectivity index (χ1) is 16.5. The van der Waals surface area contributed by atoms with Crippen molar-refractivity contribution in [2.75, 3.05) is 0 Å². The second kappa shape index (κ2) is 11.1. The lowest BCUT2D eigenvalue weighted by molar-refractivity contribution is -0.218. The number of carboxylic acids is 1. The van der Waals surface area contributed by atoms with Crippen molar-refractivity contribution in [1.82, 2.24) is 10.6 Å². The summed E-state index contributed by atoms with van der Waals surface area (Å²) in [5.41, 5.74) is 8.39. The average molecular weight is 500 g/mol. The smallest absolute Gasteiger partial charge is 0.322 e. The number of phenolic OH excluding ortho intramolecular Hbond substituents is 1. The quantitative estimate of drug-likeness (QED) is 0.253. The number of aryl methyl sites for hydroxylation is 1. The second-order valence-corrected chi connectivity index (χ2v) is 10.9. The van der Waals surface area contributed by atoms with Crippen LogP contribution in [0.1, 0.15) is 36.1 Å². The number of nitrogens with one attached hydrogen (secondary N) is 2. The molecule has 1 saturated heterocycles. The molecule has 188 valence electrons. The maximum Gasteiger partial charge on any atom is 0.322 e. The monoisotopic (exact) mass is 499 g/mol. The van der Waals surface area contributed by atoms with E-state index in [9.17, 15) is 24.9 Å². The highest BCUT2D eigenvalue weighted by atomic mass is 32.2. The van der Waals surface area contributed by atoms with Crippen LogP contribution in [-0.4, -0.2) is 50.2 Å². The molecule has 3 rings (SSSR count). The highest BCUT2D eigenvalue weighted by Gasteiger charge is 2.49. The fraction of sp³-hybridized carbons (Fsp3) is 0.400. The second-order valence-electron chi connectivity index (χ2n) is 9.06. The van der Waals surface area contributed by atoms with E-state index in [0.29, 0.717) is 11.1 Å². The molecule has 6 N–H and O–H groups in total. The molecular formula is C25H31N4O5S-. The molecule has 3 atom stereocenters. The van der Waals surface area contributed by atoms with Crippen LogP contribution >= 0.6 is 11.8 Å². The van der Waals surface area contributed by atoms with Gasteiger partial charge in [0, 0.05) is 35.4 Å². The zero-order valence-electron chi connectivity index (χ0n) is 19.9. The summed E-state index contributed by atoms with van der Waals surface area (Å²) < 4.78 is -0.724. The first-order valence-corrected chi connectivity index (χ1v) is 12.1. The van der Waals surface area contributed by atoms with Gasteiger partial charge in [-0.25, -0.2) is 0 Å². The standard InChI is InChI=1S/C25H32N4O5S/c1-14-9-16(12-26)20(31)17(10-14)13-27-22(32)19(23-29-21(24(33)34)25(2,3)35-23)28-18(30)11-15-7-5-4-6-8-15/h4-10,19,21,23,29,31H,11-13,26H2,1-3H3,(H,27,32)(H,28,30)(H,33,34)/p-1/t19-,21+,23-/m1/s1. The molecule has 0 aliphatic carbocycles. The Morgan fingerprint density at radius 1 is 1.26 bits per heavy atom. The lowest BCUT2D eigenvalue weighted by atomic mass is 10.0. The summed E-state index contributed by atoms with van der Waals surface area (Å²) >= 11 is 1.26. The normalized spacial score (nSPS) is 20.4. The van der Waals surface area contributed by atoms with Gasteiger partial charge in [-0.2, -0.15) is 0 Å². The fourth-order valence-corrected chi connectivity index (χ4v) is 5.54. The third-order valence-electron chi connectivity index (χ3n) is 5.83. The molecule has 1 heterocycles. The summed E-state index contributed by atoms with van der Waals surface area (Å²) in [4.78, 5) is 29.2. The molecule has 0 aromatic heterocycles. The van der Waals surface area contributed by atoms with Crippen LogP contribution in [0.4, 0.5) is 0 Å². The highest BCUT2D eigenvalue weighted by Crippen LogP contribution is 2.40. The van der Waals surface area contributed by atoms with Gasteiger partial charge in [-0.1, -0.05) is 48.0 Å². The summed E-state index contributed by atoms with van der Waals surface area (Å²) in [5, 5.41) is 37.8. The molecule has 0 bridgehead atoms. The lowest BCUT2D eigenvalue weighted by Gasteiger charge is -2.24. The molecular weight excluding hydrogens is 468 g/mol. The number of nitrogens with two attached hydrogens (primary N) is 1. The van der Waals surface area contributed by atoms with Crippen LogP contribution in [0.5, 0.6) is 5.75 Å². The SMILES string of the molecule is Cc1cc(CN)c(O)c(CNC(=O)[C@@H](N=C([O-])Cc2ccccc2)[C@@H]2N[C@@H](C(=O)O)C(C)(C)S2)c1. The Morgan fingerprint density at radius 2 is 1.91 bits per heavy atom. The third kappa shape index (κ3) is 6.53. The number of aliphatic carboxylic acids is 1. The summed E-state index contributed by atoms with van der Waals surface area (Å²) in [6, 6.07) is 10.5. The lowest BCUT2D eigenvalue weighted by Crippen LogP contribution is -2.50. The van der Waals surface area contributed by atoms with E-state index in [2.05, 4.69) is 15.6 Å². The molecule has 1 amide bonds. The van der Waals surface area contributed by atoms with Crippen LogP contribution < -0.4 is 21.5 Å². The molecule has 1 aliphatic rings. The molecule has 0 saturated carbocycles. The third-order valence-corrected chi connectivity index (χ3v) is 7.32. The molecule has 1 fully saturated rings. The number of nitrogens with zero attached hydrogens (tertiary/aromatic N) is 1. The van der Waals surface area contributed by atoms with E-state index in [-0.39, 0.29) is 25.3 Å². The Labute approximate surface area is 208 Å². The van der Waals surface area contributed by atoms with Crippen molar-refractivity contribution in [2.45, 2.75) is 62.5 Å². The van der Waals surface area contributed by atoms with Gasteiger partial charge in [-0.05, 0) is 32.2 Å². The van der Waals surface area contributed by atoms with Crippen molar-refractivity contribution < 1.29 is 24.9 Å². The Hall–Kier alpha value is -3.08. The zero-order chi connectivity index (χ0) is 25.8. The number of hydrogen-bond acceptors (Lipinski definition) is 8. The predicted molar refractivity (Wildman–Crippen MR) is 134 cm³/mol. The Bertz CT molecular complexity index is 1110. The van der Waals surface area contributed by atoms with Crippen molar-refractivity contribution in [3.63, 3.8) is 0 Å². The molecule has 0 unspecified atom stereocenters. The van der Waals surface area contributed by atoms with Gasteiger partial charge in [-0.3, -0.25) is 19.9 Å². The van der Waals surface area contributed by atoms with E-state index in [4.69, 9.17) is 5.73 Å². The van der Waals surface area contributed by atoms with E-state index < -0.39 is 40.0 Å². The molecule has 2 aromatic carbocycles. The molecule has 35 heavy (non-hydrogen) atoms. The van der Waals surface area contributed by atoms with Crippen molar-refractivity contribution in [1.29, 1.82) is 0 Å². The number of carbonyl (C=O) groups excluding carboxylic acids is 1. The Balaban J connectivity index is 1.85. The first-order valence-electron chi connectivity index (χ1n) is 11.2. The van der Waals surface area contributed by atoms with Crippen LogP contribution in [0.25, 0.3) is 0 Å². The van der Waals surface area contributed by atoms with E-state index in [1.807, 2.05) is 25.1 Å². The van der Waals surface area contributed by atoms with Crippen molar-refractivity contribution in [3.05, 3.63) is 64.7 Å². The number of rotatable bonds is 9. The zero-order valence-corrected chi connectivity index (χ0v) is 20.8. The minimum atomic E-state index is -1.17. The number of amides is 1. The number of hydrogen-bond donors (Lipinski definition) is 5. The number of aliphatic imine (C=N–C) groups is 1. The summed E-state index contributed by atoms with van der Waals surface area (Å²) in [6.07, 6.45) is 0.0201. The van der Waals surface area contributed by atoms with Gasteiger partial charge >= 0.3 is 5.97 Å². The molecule has 9 nitrogen and oxygen atoms in total. The predicted octanol–water partition coefficient (Wildman–Crippen LogP) is 1.04.